The Hall–Kier alpha value is -2.67. The zero-order chi connectivity index (χ0) is 14.8. The number of nitriles is 1. The van der Waals surface area contributed by atoms with E-state index in [9.17, 15) is 4.39 Å². The second kappa shape index (κ2) is 5.37. The van der Waals surface area contributed by atoms with Crippen molar-refractivity contribution in [3.8, 4) is 6.07 Å². The molecule has 3 nitrogen and oxygen atoms in total. The molecule has 0 amide bonds. The third-order valence-corrected chi connectivity index (χ3v) is 3.57. The molecule has 0 radical (unpaired) electrons. The molecule has 0 aliphatic carbocycles. The highest BCUT2D eigenvalue weighted by atomic mass is 19.1. The molecule has 0 unspecified atom stereocenters. The van der Waals surface area contributed by atoms with Gasteiger partial charge in [-0.25, -0.2) is 9.37 Å². The lowest BCUT2D eigenvalue weighted by Crippen LogP contribution is -2.03. The minimum absolute atomic E-state index is 0.235. The van der Waals surface area contributed by atoms with Crippen molar-refractivity contribution in [3.63, 3.8) is 0 Å². The molecular formula is C17H14FN3. The number of aryl methyl sites for hydroxylation is 1. The van der Waals surface area contributed by atoms with E-state index in [-0.39, 0.29) is 12.2 Å². The number of benzene rings is 2. The lowest BCUT2D eigenvalue weighted by molar-refractivity contribution is 0.626. The number of halogens is 1. The minimum atomic E-state index is -0.303. The molecule has 0 aliphatic rings. The first-order chi connectivity index (χ1) is 10.2. The van der Waals surface area contributed by atoms with Crippen LogP contribution in [0, 0.1) is 24.1 Å². The summed E-state index contributed by atoms with van der Waals surface area (Å²) in [7, 11) is 0. The van der Waals surface area contributed by atoms with Crippen molar-refractivity contribution in [1.82, 2.24) is 9.55 Å². The molecule has 0 N–H and O–H groups in total. The third-order valence-electron chi connectivity index (χ3n) is 3.57. The van der Waals surface area contributed by atoms with Gasteiger partial charge >= 0.3 is 0 Å². The molecule has 0 fully saturated rings. The van der Waals surface area contributed by atoms with Crippen molar-refractivity contribution in [1.29, 1.82) is 5.26 Å². The molecule has 3 aromatic rings. The van der Waals surface area contributed by atoms with Gasteiger partial charge in [-0.3, -0.25) is 0 Å². The van der Waals surface area contributed by atoms with Gasteiger partial charge in [0.05, 0.1) is 18.0 Å². The highest BCUT2D eigenvalue weighted by molar-refractivity contribution is 5.80. The number of nitrogens with zero attached hydrogens (tertiary/aromatic N) is 3. The smallest absolute Gasteiger partial charge is 0.149 e. The molecule has 0 saturated carbocycles. The average molecular weight is 279 g/mol. The molecule has 0 spiro atoms. The fraction of sp³-hybridized carbons (Fsp3) is 0.176. The van der Waals surface area contributed by atoms with Crippen LogP contribution in [-0.4, -0.2) is 9.55 Å². The molecule has 1 aromatic heterocycles. The molecule has 0 bridgehead atoms. The van der Waals surface area contributed by atoms with Crippen LogP contribution >= 0.6 is 0 Å². The van der Waals surface area contributed by atoms with Crippen LogP contribution in [-0.2, 0) is 13.0 Å². The van der Waals surface area contributed by atoms with Gasteiger partial charge in [0.1, 0.15) is 17.2 Å². The van der Waals surface area contributed by atoms with E-state index >= 15 is 0 Å². The first-order valence-corrected chi connectivity index (χ1v) is 6.76. The van der Waals surface area contributed by atoms with E-state index in [4.69, 9.17) is 5.26 Å². The molecule has 4 heteroatoms. The zero-order valence-electron chi connectivity index (χ0n) is 11.7. The van der Waals surface area contributed by atoms with Gasteiger partial charge in [0, 0.05) is 6.54 Å². The van der Waals surface area contributed by atoms with Crippen molar-refractivity contribution in [2.24, 2.45) is 0 Å². The maximum absolute atomic E-state index is 14.2. The SMILES string of the molecule is Cc1nc2c(CC#N)ccc(F)c2n1Cc1ccccc1. The van der Waals surface area contributed by atoms with Gasteiger partial charge in [-0.1, -0.05) is 36.4 Å². The molecule has 21 heavy (non-hydrogen) atoms. The van der Waals surface area contributed by atoms with Crippen molar-refractivity contribution in [2.45, 2.75) is 19.9 Å². The van der Waals surface area contributed by atoms with E-state index in [0.717, 1.165) is 17.0 Å². The number of fused-ring (bicyclic) bond motifs is 1. The summed E-state index contributed by atoms with van der Waals surface area (Å²) < 4.78 is 16.1. The number of imidazole rings is 1. The number of hydrogen-bond donors (Lipinski definition) is 0. The van der Waals surface area contributed by atoms with E-state index in [0.29, 0.717) is 17.6 Å². The Morgan fingerprint density at radius 1 is 1.19 bits per heavy atom. The van der Waals surface area contributed by atoms with Gasteiger partial charge in [-0.2, -0.15) is 5.26 Å². The molecule has 1 heterocycles. The second-order valence-corrected chi connectivity index (χ2v) is 4.97. The number of hydrogen-bond acceptors (Lipinski definition) is 2. The van der Waals surface area contributed by atoms with Crippen LogP contribution in [0.2, 0.25) is 0 Å². The summed E-state index contributed by atoms with van der Waals surface area (Å²) in [6.07, 6.45) is 0.235. The van der Waals surface area contributed by atoms with Crippen LogP contribution in [0.3, 0.4) is 0 Å². The Morgan fingerprint density at radius 3 is 2.67 bits per heavy atom. The van der Waals surface area contributed by atoms with E-state index in [1.807, 2.05) is 41.8 Å². The van der Waals surface area contributed by atoms with Crippen molar-refractivity contribution in [2.75, 3.05) is 0 Å². The quantitative estimate of drug-likeness (QED) is 0.735. The normalized spacial score (nSPS) is 10.7. The van der Waals surface area contributed by atoms with E-state index in [1.165, 1.54) is 6.07 Å². The van der Waals surface area contributed by atoms with E-state index in [2.05, 4.69) is 11.1 Å². The number of rotatable bonds is 3. The average Bonchev–Trinajstić information content (AvgIpc) is 2.81. The summed E-state index contributed by atoms with van der Waals surface area (Å²) in [6, 6.07) is 15.0. The largest absolute Gasteiger partial charge is 0.321 e. The van der Waals surface area contributed by atoms with E-state index in [1.54, 1.807) is 6.07 Å². The molecule has 0 saturated heterocycles. The molecule has 0 aliphatic heterocycles. The Kier molecular flexibility index (Phi) is 3.41. The summed E-state index contributed by atoms with van der Waals surface area (Å²) >= 11 is 0. The molecular weight excluding hydrogens is 265 g/mol. The van der Waals surface area contributed by atoms with Crippen LogP contribution in [0.25, 0.3) is 11.0 Å². The van der Waals surface area contributed by atoms with Gasteiger partial charge in [-0.05, 0) is 24.1 Å². The predicted molar refractivity (Wildman–Crippen MR) is 79.3 cm³/mol. The van der Waals surface area contributed by atoms with E-state index < -0.39 is 0 Å². The molecule has 2 aromatic carbocycles. The highest BCUT2D eigenvalue weighted by Gasteiger charge is 2.15. The van der Waals surface area contributed by atoms with Gasteiger partial charge < -0.3 is 4.57 Å². The summed E-state index contributed by atoms with van der Waals surface area (Å²) in [5.41, 5.74) is 2.92. The number of aromatic nitrogens is 2. The Morgan fingerprint density at radius 2 is 1.95 bits per heavy atom. The molecule has 3 rings (SSSR count). The van der Waals surface area contributed by atoms with Crippen LogP contribution in [0.4, 0.5) is 4.39 Å². The lowest BCUT2D eigenvalue weighted by atomic mass is 10.1. The Labute approximate surface area is 122 Å². The molecule has 0 atom stereocenters. The first kappa shape index (κ1) is 13.3. The summed E-state index contributed by atoms with van der Waals surface area (Å²) in [4.78, 5) is 4.46. The third kappa shape index (κ3) is 2.38. The highest BCUT2D eigenvalue weighted by Crippen LogP contribution is 2.24. The van der Waals surface area contributed by atoms with Crippen LogP contribution in [0.5, 0.6) is 0 Å². The summed E-state index contributed by atoms with van der Waals surface area (Å²) in [6.45, 7) is 2.43. The molecule has 104 valence electrons. The summed E-state index contributed by atoms with van der Waals surface area (Å²) in [5, 5.41) is 8.88. The van der Waals surface area contributed by atoms with Crippen LogP contribution < -0.4 is 0 Å². The topological polar surface area (TPSA) is 41.6 Å². The van der Waals surface area contributed by atoms with Gasteiger partial charge in [0.2, 0.25) is 0 Å². The van der Waals surface area contributed by atoms with Gasteiger partial charge in [0.15, 0.2) is 0 Å². The van der Waals surface area contributed by atoms with Gasteiger partial charge in [-0.15, -0.1) is 0 Å². The van der Waals surface area contributed by atoms with Crippen molar-refractivity contribution < 1.29 is 4.39 Å². The fourth-order valence-corrected chi connectivity index (χ4v) is 2.55. The maximum atomic E-state index is 14.2. The van der Waals surface area contributed by atoms with Gasteiger partial charge in [0.25, 0.3) is 0 Å². The predicted octanol–water partition coefficient (Wildman–Crippen LogP) is 3.60. The minimum Gasteiger partial charge on any atom is -0.321 e. The monoisotopic (exact) mass is 279 g/mol. The Bertz CT molecular complexity index is 829. The van der Waals surface area contributed by atoms with Crippen molar-refractivity contribution >= 4 is 11.0 Å². The van der Waals surface area contributed by atoms with Crippen LogP contribution in [0.1, 0.15) is 17.0 Å². The lowest BCUT2D eigenvalue weighted by Gasteiger charge is -2.08. The standard InChI is InChI=1S/C17H14FN3/c1-12-20-16-14(9-10-19)7-8-15(18)17(16)21(12)11-13-5-3-2-4-6-13/h2-8H,9,11H2,1H3. The second-order valence-electron chi connectivity index (χ2n) is 4.97. The van der Waals surface area contributed by atoms with Crippen molar-refractivity contribution in [3.05, 3.63) is 65.2 Å². The zero-order valence-corrected chi connectivity index (χ0v) is 11.7. The first-order valence-electron chi connectivity index (χ1n) is 6.76. The van der Waals surface area contributed by atoms with Crippen LogP contribution in [0.15, 0.2) is 42.5 Å². The fourth-order valence-electron chi connectivity index (χ4n) is 2.55. The maximum Gasteiger partial charge on any atom is 0.149 e. The Balaban J connectivity index is 2.17. The summed E-state index contributed by atoms with van der Waals surface area (Å²) in [5.74, 6) is 0.446.